The van der Waals surface area contributed by atoms with Gasteiger partial charge in [-0.1, -0.05) is 30.7 Å². The van der Waals surface area contributed by atoms with Crippen molar-refractivity contribution < 1.29 is 14.0 Å². The average Bonchev–Trinajstić information content (AvgIpc) is 2.81. The van der Waals surface area contributed by atoms with Crippen LogP contribution in [0.15, 0.2) is 66.7 Å². The van der Waals surface area contributed by atoms with Crippen LogP contribution in [0.5, 0.6) is 0 Å². The molecule has 0 unspecified atom stereocenters. The van der Waals surface area contributed by atoms with Crippen LogP contribution < -0.4 is 10.2 Å². The molecule has 0 aliphatic rings. The number of benzene rings is 3. The minimum absolute atomic E-state index is 0.0218. The molecule has 178 valence electrons. The number of nitrogens with zero attached hydrogens (tertiary/aromatic N) is 2. The summed E-state index contributed by atoms with van der Waals surface area (Å²) in [4.78, 5) is 30.0. The van der Waals surface area contributed by atoms with Crippen molar-refractivity contribution in [3.63, 3.8) is 0 Å². The summed E-state index contributed by atoms with van der Waals surface area (Å²) in [6.45, 7) is 6.46. The summed E-state index contributed by atoms with van der Waals surface area (Å²) in [5, 5.41) is 2.85. The first kappa shape index (κ1) is 25.0. The van der Waals surface area contributed by atoms with Gasteiger partial charge in [0.05, 0.1) is 0 Å². The van der Waals surface area contributed by atoms with Gasteiger partial charge in [-0.05, 0) is 74.4 Å². The Morgan fingerprint density at radius 3 is 2.32 bits per heavy atom. The number of aryl methyl sites for hydroxylation is 1. The number of halogens is 1. The highest BCUT2D eigenvalue weighted by Gasteiger charge is 2.23. The van der Waals surface area contributed by atoms with Gasteiger partial charge in [0.25, 0.3) is 11.8 Å². The number of amides is 2. The Bertz CT molecular complexity index is 1180. The van der Waals surface area contributed by atoms with Crippen LogP contribution in [0.3, 0.4) is 0 Å². The fourth-order valence-corrected chi connectivity index (χ4v) is 3.83. The lowest BCUT2D eigenvalue weighted by molar-refractivity contribution is 0.0671. The number of hydrogen-bond donors (Lipinski definition) is 1. The third kappa shape index (κ3) is 6.01. The molecule has 3 rings (SSSR count). The van der Waals surface area contributed by atoms with Crippen LogP contribution in [0.1, 0.15) is 52.1 Å². The molecular formula is C28H32FN3O2. The Labute approximate surface area is 201 Å². The second-order valence-electron chi connectivity index (χ2n) is 8.76. The Kier molecular flexibility index (Phi) is 8.05. The lowest BCUT2D eigenvalue weighted by atomic mass is 10.1. The lowest BCUT2D eigenvalue weighted by Crippen LogP contribution is -2.38. The maximum Gasteiger partial charge on any atom is 0.255 e. The largest absolute Gasteiger partial charge is 0.377 e. The molecule has 3 aromatic rings. The van der Waals surface area contributed by atoms with Gasteiger partial charge in [-0.3, -0.25) is 9.59 Å². The summed E-state index contributed by atoms with van der Waals surface area (Å²) >= 11 is 0. The van der Waals surface area contributed by atoms with E-state index in [1.807, 2.05) is 80.2 Å². The minimum Gasteiger partial charge on any atom is -0.377 e. The second-order valence-corrected chi connectivity index (χ2v) is 8.76. The number of carbonyl (C=O) groups is 2. The van der Waals surface area contributed by atoms with Crippen molar-refractivity contribution in [1.82, 2.24) is 4.90 Å². The summed E-state index contributed by atoms with van der Waals surface area (Å²) in [7, 11) is 3.89. The van der Waals surface area contributed by atoms with E-state index in [0.717, 1.165) is 23.2 Å². The highest BCUT2D eigenvalue weighted by molar-refractivity contribution is 6.04. The molecule has 0 bridgehead atoms. The summed E-state index contributed by atoms with van der Waals surface area (Å²) in [6, 6.07) is 18.8. The molecule has 0 aliphatic heterocycles. The van der Waals surface area contributed by atoms with E-state index >= 15 is 0 Å². The number of carbonyl (C=O) groups excluding carboxylic acids is 2. The van der Waals surface area contributed by atoms with Crippen LogP contribution in [-0.4, -0.2) is 36.9 Å². The number of rotatable bonds is 8. The Hall–Kier alpha value is -3.67. The Balaban J connectivity index is 1.93. The number of nitrogens with one attached hydrogen (secondary N) is 1. The van der Waals surface area contributed by atoms with E-state index in [9.17, 15) is 14.0 Å². The van der Waals surface area contributed by atoms with E-state index in [4.69, 9.17) is 0 Å². The summed E-state index contributed by atoms with van der Waals surface area (Å²) in [6.07, 6.45) is 0.810. The number of hydrogen-bond acceptors (Lipinski definition) is 3. The topological polar surface area (TPSA) is 52.7 Å². The van der Waals surface area contributed by atoms with Crippen molar-refractivity contribution in [2.45, 2.75) is 39.8 Å². The van der Waals surface area contributed by atoms with Crippen molar-refractivity contribution >= 4 is 23.2 Å². The van der Waals surface area contributed by atoms with E-state index < -0.39 is 11.7 Å². The molecule has 1 N–H and O–H groups in total. The van der Waals surface area contributed by atoms with Crippen LogP contribution in [0.4, 0.5) is 15.8 Å². The highest BCUT2D eigenvalue weighted by Crippen LogP contribution is 2.27. The second kappa shape index (κ2) is 11.0. The van der Waals surface area contributed by atoms with E-state index in [1.54, 1.807) is 6.07 Å². The Morgan fingerprint density at radius 2 is 1.68 bits per heavy atom. The summed E-state index contributed by atoms with van der Waals surface area (Å²) < 4.78 is 13.5. The van der Waals surface area contributed by atoms with Gasteiger partial charge in [-0.2, -0.15) is 0 Å². The first-order valence-electron chi connectivity index (χ1n) is 11.4. The van der Waals surface area contributed by atoms with Crippen LogP contribution in [0.2, 0.25) is 0 Å². The van der Waals surface area contributed by atoms with E-state index in [1.165, 1.54) is 18.2 Å². The molecule has 3 aromatic carbocycles. The zero-order valence-electron chi connectivity index (χ0n) is 20.4. The molecular weight excluding hydrogens is 429 g/mol. The van der Waals surface area contributed by atoms with Crippen LogP contribution >= 0.6 is 0 Å². The zero-order chi connectivity index (χ0) is 24.8. The fourth-order valence-electron chi connectivity index (χ4n) is 3.83. The van der Waals surface area contributed by atoms with Crippen molar-refractivity contribution in [3.05, 3.63) is 94.8 Å². The standard InChI is InChI=1S/C28H32FN3O2/c1-6-20(3)32(28(34)22-11-7-9-19(2)15-22)18-23-17-25(13-14-26(23)31(4)5)30-27(33)21-10-8-12-24(29)16-21/h7-17,20H,6,18H2,1-5H3,(H,30,33)/t20-/m1/s1. The molecule has 0 fully saturated rings. The third-order valence-electron chi connectivity index (χ3n) is 5.90. The minimum atomic E-state index is -0.463. The quantitative estimate of drug-likeness (QED) is 0.455. The van der Waals surface area contributed by atoms with Gasteiger partial charge in [0.15, 0.2) is 0 Å². The van der Waals surface area contributed by atoms with Crippen molar-refractivity contribution in [3.8, 4) is 0 Å². The van der Waals surface area contributed by atoms with Crippen molar-refractivity contribution in [2.75, 3.05) is 24.3 Å². The van der Waals surface area contributed by atoms with Gasteiger partial charge in [0.1, 0.15) is 5.82 Å². The van der Waals surface area contributed by atoms with Gasteiger partial charge >= 0.3 is 0 Å². The van der Waals surface area contributed by atoms with Gasteiger partial charge in [0.2, 0.25) is 0 Å². The molecule has 0 saturated heterocycles. The molecule has 5 nitrogen and oxygen atoms in total. The summed E-state index contributed by atoms with van der Waals surface area (Å²) in [5.41, 5.74) is 4.38. The maximum atomic E-state index is 13.5. The molecule has 0 heterocycles. The van der Waals surface area contributed by atoms with Crippen molar-refractivity contribution in [2.24, 2.45) is 0 Å². The van der Waals surface area contributed by atoms with Gasteiger partial charge < -0.3 is 15.1 Å². The first-order chi connectivity index (χ1) is 16.2. The first-order valence-corrected chi connectivity index (χ1v) is 11.4. The predicted molar refractivity (Wildman–Crippen MR) is 136 cm³/mol. The fraction of sp³-hybridized carbons (Fsp3) is 0.286. The van der Waals surface area contributed by atoms with Crippen molar-refractivity contribution in [1.29, 1.82) is 0 Å². The number of anilines is 2. The van der Waals surface area contributed by atoms with E-state index in [0.29, 0.717) is 17.8 Å². The SMILES string of the molecule is CC[C@@H](C)N(Cc1cc(NC(=O)c2cccc(F)c2)ccc1N(C)C)C(=O)c1cccc(C)c1. The molecule has 0 radical (unpaired) electrons. The Morgan fingerprint density at radius 1 is 0.971 bits per heavy atom. The smallest absolute Gasteiger partial charge is 0.255 e. The molecule has 6 heteroatoms. The van der Waals surface area contributed by atoms with Gasteiger partial charge in [0, 0.05) is 49.2 Å². The average molecular weight is 462 g/mol. The summed E-state index contributed by atoms with van der Waals surface area (Å²) in [5.74, 6) is -0.884. The van der Waals surface area contributed by atoms with Gasteiger partial charge in [-0.25, -0.2) is 4.39 Å². The molecule has 34 heavy (non-hydrogen) atoms. The molecule has 2 amide bonds. The van der Waals surface area contributed by atoms with Crippen LogP contribution in [0, 0.1) is 12.7 Å². The third-order valence-corrected chi connectivity index (χ3v) is 5.90. The van der Waals surface area contributed by atoms with E-state index in [-0.39, 0.29) is 17.5 Å². The zero-order valence-corrected chi connectivity index (χ0v) is 20.4. The molecule has 0 aromatic heterocycles. The molecule has 0 saturated carbocycles. The lowest BCUT2D eigenvalue weighted by Gasteiger charge is -2.31. The van der Waals surface area contributed by atoms with E-state index in [2.05, 4.69) is 12.2 Å². The van der Waals surface area contributed by atoms with Crippen LogP contribution in [-0.2, 0) is 6.54 Å². The predicted octanol–water partition coefficient (Wildman–Crippen LogP) is 5.89. The maximum absolute atomic E-state index is 13.5. The van der Waals surface area contributed by atoms with Crippen LogP contribution in [0.25, 0.3) is 0 Å². The normalized spacial score (nSPS) is 11.6. The van der Waals surface area contributed by atoms with Gasteiger partial charge in [-0.15, -0.1) is 0 Å². The molecule has 0 aliphatic carbocycles. The molecule has 1 atom stereocenters. The highest BCUT2D eigenvalue weighted by atomic mass is 19.1. The monoisotopic (exact) mass is 461 g/mol. The molecule has 0 spiro atoms.